The van der Waals surface area contributed by atoms with Gasteiger partial charge in [0.15, 0.2) is 11.3 Å². The van der Waals surface area contributed by atoms with Crippen LogP contribution in [0.2, 0.25) is 0 Å². The molecule has 0 saturated carbocycles. The summed E-state index contributed by atoms with van der Waals surface area (Å²) < 4.78 is 3.72. The van der Waals surface area contributed by atoms with E-state index in [0.29, 0.717) is 34.6 Å². The van der Waals surface area contributed by atoms with Gasteiger partial charge in [-0.3, -0.25) is 14.0 Å². The SMILES string of the molecule is Cc1ncnc2c1ncn2-c1cccc(N(c2ccccc2)c2cccc(-n3cnc4c(C)ncnc43)n2)n1. The molecular formula is C28H21N11. The molecular weight excluding hydrogens is 490 g/mol. The molecule has 0 bridgehead atoms. The second-order valence-corrected chi connectivity index (χ2v) is 8.87. The molecule has 6 heterocycles. The summed E-state index contributed by atoms with van der Waals surface area (Å²) in [6.07, 6.45) is 6.52. The smallest absolute Gasteiger partial charge is 0.169 e. The predicted molar refractivity (Wildman–Crippen MR) is 147 cm³/mol. The Kier molecular flexibility index (Phi) is 5.25. The summed E-state index contributed by atoms with van der Waals surface area (Å²) in [5, 5.41) is 0. The first kappa shape index (κ1) is 22.6. The number of anilines is 3. The maximum absolute atomic E-state index is 5.01. The summed E-state index contributed by atoms with van der Waals surface area (Å²) in [6.45, 7) is 3.83. The zero-order valence-electron chi connectivity index (χ0n) is 21.1. The lowest BCUT2D eigenvalue weighted by atomic mass is 10.2. The number of hydrogen-bond donors (Lipinski definition) is 0. The molecule has 0 N–H and O–H groups in total. The maximum atomic E-state index is 5.01. The van der Waals surface area contributed by atoms with E-state index in [4.69, 9.17) is 9.97 Å². The largest absolute Gasteiger partial charge is 0.279 e. The normalized spacial score (nSPS) is 11.3. The summed E-state index contributed by atoms with van der Waals surface area (Å²) in [5.41, 5.74) is 5.42. The van der Waals surface area contributed by atoms with Crippen LogP contribution in [0, 0.1) is 13.8 Å². The van der Waals surface area contributed by atoms with Crippen LogP contribution in [0.4, 0.5) is 17.3 Å². The highest BCUT2D eigenvalue weighted by Crippen LogP contribution is 2.33. The second kappa shape index (κ2) is 9.06. The molecule has 39 heavy (non-hydrogen) atoms. The molecule has 188 valence electrons. The number of para-hydroxylation sites is 1. The van der Waals surface area contributed by atoms with Crippen molar-refractivity contribution < 1.29 is 0 Å². The van der Waals surface area contributed by atoms with Crippen LogP contribution < -0.4 is 4.90 Å². The fraction of sp³-hybridized carbons (Fsp3) is 0.0714. The van der Waals surface area contributed by atoms with Crippen LogP contribution >= 0.6 is 0 Å². The molecule has 11 nitrogen and oxygen atoms in total. The molecule has 0 aliphatic rings. The molecule has 0 aliphatic carbocycles. The molecule has 11 heteroatoms. The lowest BCUT2D eigenvalue weighted by Crippen LogP contribution is -2.15. The fourth-order valence-corrected chi connectivity index (χ4v) is 4.54. The van der Waals surface area contributed by atoms with Crippen molar-refractivity contribution in [3.05, 3.63) is 103 Å². The Labute approximate surface area is 222 Å². The molecule has 0 aliphatic heterocycles. The molecule has 1 aromatic carbocycles. The van der Waals surface area contributed by atoms with E-state index in [9.17, 15) is 0 Å². The number of aryl methyl sites for hydroxylation is 2. The first-order chi connectivity index (χ1) is 19.2. The van der Waals surface area contributed by atoms with E-state index in [1.54, 1.807) is 12.7 Å². The number of pyridine rings is 2. The van der Waals surface area contributed by atoms with Crippen molar-refractivity contribution in [1.82, 2.24) is 49.0 Å². The van der Waals surface area contributed by atoms with Gasteiger partial charge >= 0.3 is 0 Å². The molecule has 0 atom stereocenters. The van der Waals surface area contributed by atoms with Crippen LogP contribution in [0.5, 0.6) is 0 Å². The summed E-state index contributed by atoms with van der Waals surface area (Å²) in [6, 6.07) is 21.7. The summed E-state index contributed by atoms with van der Waals surface area (Å²) in [4.78, 5) is 38.4. The van der Waals surface area contributed by atoms with E-state index in [2.05, 4.69) is 29.9 Å². The Morgan fingerprint density at radius 2 is 1.05 bits per heavy atom. The van der Waals surface area contributed by atoms with E-state index in [1.165, 1.54) is 12.7 Å². The standard InChI is InChI=1S/C28H21N11/c1-18-25-27(31-14-29-18)37(16-33-25)21-10-6-12-23(35-21)39(20-8-4-3-5-9-20)24-13-7-11-22(36-24)38-17-34-26-19(2)30-15-32-28(26)38/h3-17H,1-2H3. The van der Waals surface area contributed by atoms with Gasteiger partial charge in [0.1, 0.15) is 59.6 Å². The molecule has 0 spiro atoms. The summed E-state index contributed by atoms with van der Waals surface area (Å²) in [7, 11) is 0. The van der Waals surface area contributed by atoms with Crippen LogP contribution in [-0.2, 0) is 0 Å². The number of benzene rings is 1. The molecule has 0 saturated heterocycles. The first-order valence-electron chi connectivity index (χ1n) is 12.3. The van der Waals surface area contributed by atoms with Gasteiger partial charge in [-0.25, -0.2) is 39.9 Å². The van der Waals surface area contributed by atoms with Gasteiger partial charge in [0, 0.05) is 5.69 Å². The zero-order chi connectivity index (χ0) is 26.3. The van der Waals surface area contributed by atoms with Gasteiger partial charge < -0.3 is 0 Å². The van der Waals surface area contributed by atoms with Crippen molar-refractivity contribution in [2.24, 2.45) is 0 Å². The van der Waals surface area contributed by atoms with Gasteiger partial charge in [0.2, 0.25) is 0 Å². The lowest BCUT2D eigenvalue weighted by Gasteiger charge is -2.24. The van der Waals surface area contributed by atoms with Gasteiger partial charge in [-0.1, -0.05) is 30.3 Å². The van der Waals surface area contributed by atoms with Gasteiger partial charge in [-0.05, 0) is 50.2 Å². The average molecular weight is 512 g/mol. The molecule has 6 aromatic heterocycles. The fourth-order valence-electron chi connectivity index (χ4n) is 4.54. The minimum Gasteiger partial charge on any atom is -0.279 e. The third-order valence-corrected chi connectivity index (χ3v) is 6.44. The van der Waals surface area contributed by atoms with Crippen LogP contribution in [0.1, 0.15) is 11.4 Å². The number of imidazole rings is 2. The number of rotatable bonds is 5. The Morgan fingerprint density at radius 1 is 0.538 bits per heavy atom. The van der Waals surface area contributed by atoms with E-state index in [0.717, 1.165) is 28.1 Å². The van der Waals surface area contributed by atoms with Crippen LogP contribution in [-0.4, -0.2) is 49.0 Å². The minimum atomic E-state index is 0.679. The highest BCUT2D eigenvalue weighted by Gasteiger charge is 2.18. The number of fused-ring (bicyclic) bond motifs is 2. The topological polar surface area (TPSA) is 116 Å². The quantitative estimate of drug-likeness (QED) is 0.321. The van der Waals surface area contributed by atoms with Gasteiger partial charge in [0.25, 0.3) is 0 Å². The average Bonchev–Trinajstić information content (AvgIpc) is 3.61. The van der Waals surface area contributed by atoms with Crippen molar-refractivity contribution >= 4 is 39.7 Å². The van der Waals surface area contributed by atoms with Crippen molar-refractivity contribution in [3.8, 4) is 11.6 Å². The summed E-state index contributed by atoms with van der Waals surface area (Å²) in [5.74, 6) is 2.73. The van der Waals surface area contributed by atoms with Crippen molar-refractivity contribution in [1.29, 1.82) is 0 Å². The van der Waals surface area contributed by atoms with Crippen molar-refractivity contribution in [2.75, 3.05) is 4.90 Å². The number of hydrogen-bond acceptors (Lipinski definition) is 9. The zero-order valence-corrected chi connectivity index (χ0v) is 21.1. The first-order valence-corrected chi connectivity index (χ1v) is 12.3. The molecule has 0 fully saturated rings. The van der Waals surface area contributed by atoms with E-state index in [-0.39, 0.29) is 0 Å². The van der Waals surface area contributed by atoms with Crippen LogP contribution in [0.15, 0.2) is 92.0 Å². The van der Waals surface area contributed by atoms with Gasteiger partial charge in [-0.15, -0.1) is 0 Å². The predicted octanol–water partition coefficient (Wildman–Crippen LogP) is 4.82. The third kappa shape index (κ3) is 3.84. The minimum absolute atomic E-state index is 0.679. The van der Waals surface area contributed by atoms with Crippen molar-refractivity contribution in [3.63, 3.8) is 0 Å². The van der Waals surface area contributed by atoms with Gasteiger partial charge in [-0.2, -0.15) is 0 Å². The molecule has 0 amide bonds. The lowest BCUT2D eigenvalue weighted by molar-refractivity contribution is 0.974. The Morgan fingerprint density at radius 3 is 1.56 bits per heavy atom. The third-order valence-electron chi connectivity index (χ3n) is 6.44. The molecule has 0 unspecified atom stereocenters. The van der Waals surface area contributed by atoms with Crippen molar-refractivity contribution in [2.45, 2.75) is 13.8 Å². The molecule has 7 rings (SSSR count). The van der Waals surface area contributed by atoms with E-state index in [1.807, 2.05) is 94.6 Å². The number of nitrogens with zero attached hydrogens (tertiary/aromatic N) is 11. The van der Waals surface area contributed by atoms with E-state index >= 15 is 0 Å². The van der Waals surface area contributed by atoms with Crippen LogP contribution in [0.25, 0.3) is 34.0 Å². The maximum Gasteiger partial charge on any atom is 0.169 e. The molecule has 0 radical (unpaired) electrons. The highest BCUT2D eigenvalue weighted by atomic mass is 15.3. The summed E-state index contributed by atoms with van der Waals surface area (Å²) >= 11 is 0. The van der Waals surface area contributed by atoms with Gasteiger partial charge in [0.05, 0.1) is 11.4 Å². The molecule has 7 aromatic rings. The van der Waals surface area contributed by atoms with Crippen LogP contribution in [0.3, 0.4) is 0 Å². The Balaban J connectivity index is 1.37. The Hall–Kier alpha value is -5.58. The van der Waals surface area contributed by atoms with E-state index < -0.39 is 0 Å². The highest BCUT2D eigenvalue weighted by molar-refractivity contribution is 5.77. The number of aromatic nitrogens is 10. The monoisotopic (exact) mass is 511 g/mol. The second-order valence-electron chi connectivity index (χ2n) is 8.87. The Bertz CT molecular complexity index is 1840.